The van der Waals surface area contributed by atoms with Gasteiger partial charge in [0.2, 0.25) is 0 Å². The zero-order chi connectivity index (χ0) is 22.3. The third-order valence-corrected chi connectivity index (χ3v) is 8.21. The van der Waals surface area contributed by atoms with E-state index in [1.807, 2.05) is 19.9 Å². The Kier molecular flexibility index (Phi) is 3.84. The fourth-order valence-electron chi connectivity index (χ4n) is 5.79. The molecule has 3 aromatic rings. The van der Waals surface area contributed by atoms with Crippen LogP contribution in [0.25, 0.3) is 16.7 Å². The number of rotatable bonds is 4. The average molecular weight is 433 g/mol. The predicted octanol–water partition coefficient (Wildman–Crippen LogP) is 3.64. The van der Waals surface area contributed by atoms with Crippen molar-refractivity contribution in [1.29, 1.82) is 5.26 Å². The number of benzene rings is 1. The molecule has 0 radical (unpaired) electrons. The minimum Gasteiger partial charge on any atom is -0.390 e. The summed E-state index contributed by atoms with van der Waals surface area (Å²) in [6.45, 7) is 4.54. The van der Waals surface area contributed by atoms with Gasteiger partial charge in [0.1, 0.15) is 18.0 Å². The van der Waals surface area contributed by atoms with Crippen LogP contribution in [0.4, 0.5) is 10.2 Å². The van der Waals surface area contributed by atoms with Crippen LogP contribution in [0.2, 0.25) is 0 Å². The van der Waals surface area contributed by atoms with Gasteiger partial charge >= 0.3 is 0 Å². The second kappa shape index (κ2) is 6.26. The van der Waals surface area contributed by atoms with Gasteiger partial charge in [-0.2, -0.15) is 10.4 Å². The monoisotopic (exact) mass is 432 g/mol. The third kappa shape index (κ3) is 2.51. The number of nitriles is 1. The van der Waals surface area contributed by atoms with Gasteiger partial charge in [-0.15, -0.1) is 0 Å². The van der Waals surface area contributed by atoms with Gasteiger partial charge in [-0.05, 0) is 58.1 Å². The quantitative estimate of drug-likeness (QED) is 0.677. The number of aromatic nitrogens is 4. The fourth-order valence-corrected chi connectivity index (χ4v) is 5.79. The summed E-state index contributed by atoms with van der Waals surface area (Å²) in [6, 6.07) is 7.84. The molecule has 1 N–H and O–H groups in total. The first-order valence-corrected chi connectivity index (χ1v) is 11.2. The van der Waals surface area contributed by atoms with Crippen molar-refractivity contribution in [3.63, 3.8) is 0 Å². The molecule has 0 unspecified atom stereocenters. The highest BCUT2D eigenvalue weighted by Gasteiger charge is 2.62. The maximum atomic E-state index is 14.8. The van der Waals surface area contributed by atoms with Crippen molar-refractivity contribution in [1.82, 2.24) is 19.7 Å². The lowest BCUT2D eigenvalue weighted by atomic mass is 9.61. The van der Waals surface area contributed by atoms with E-state index in [2.05, 4.69) is 26.0 Å². The number of anilines is 1. The molecule has 4 heterocycles. The van der Waals surface area contributed by atoms with Gasteiger partial charge in [-0.1, -0.05) is 0 Å². The smallest absolute Gasteiger partial charge is 0.159 e. The van der Waals surface area contributed by atoms with Crippen LogP contribution >= 0.6 is 0 Å². The first-order valence-electron chi connectivity index (χ1n) is 11.2. The van der Waals surface area contributed by atoms with Crippen molar-refractivity contribution in [3.8, 4) is 11.9 Å². The van der Waals surface area contributed by atoms with Crippen LogP contribution in [0.1, 0.15) is 51.5 Å². The van der Waals surface area contributed by atoms with E-state index < -0.39 is 11.0 Å². The molecule has 7 nitrogen and oxygen atoms in total. The van der Waals surface area contributed by atoms with Crippen molar-refractivity contribution in [2.24, 2.45) is 5.41 Å². The lowest BCUT2D eigenvalue weighted by molar-refractivity contribution is -0.0754. The molecular formula is C24H25FN6O. The molecule has 2 bridgehead atoms. The molecular weight excluding hydrogens is 407 g/mol. The van der Waals surface area contributed by atoms with E-state index in [0.717, 1.165) is 37.1 Å². The fraction of sp³-hybridized carbons (Fsp3) is 0.500. The molecule has 2 saturated heterocycles. The Bertz CT molecular complexity index is 1280. The molecule has 32 heavy (non-hydrogen) atoms. The number of fused-ring (bicyclic) bond motifs is 2. The Labute approximate surface area is 185 Å². The molecule has 8 heteroatoms. The number of hydrogen-bond acceptors (Lipinski definition) is 6. The summed E-state index contributed by atoms with van der Waals surface area (Å²) in [5, 5.41) is 25.5. The van der Waals surface area contributed by atoms with Gasteiger partial charge < -0.3 is 10.0 Å². The Balaban J connectivity index is 1.39. The Hall–Kier alpha value is -3.05. The van der Waals surface area contributed by atoms with E-state index in [1.165, 1.54) is 12.4 Å². The zero-order valence-electron chi connectivity index (χ0n) is 18.2. The Morgan fingerprint density at radius 2 is 1.94 bits per heavy atom. The summed E-state index contributed by atoms with van der Waals surface area (Å²) in [6.07, 6.45) is 7.35. The highest BCUT2D eigenvalue weighted by Crippen LogP contribution is 2.58. The second-order valence-corrected chi connectivity index (χ2v) is 10.3. The topological polar surface area (TPSA) is 90.9 Å². The first-order chi connectivity index (χ1) is 15.3. The summed E-state index contributed by atoms with van der Waals surface area (Å²) in [5.74, 6) is 1.06. The normalized spacial score (nSPS) is 26.0. The molecule has 2 saturated carbocycles. The molecule has 164 valence electrons. The summed E-state index contributed by atoms with van der Waals surface area (Å²) in [5.41, 5.74) is -0.396. The van der Waals surface area contributed by atoms with Gasteiger partial charge in [0, 0.05) is 35.0 Å². The predicted molar refractivity (Wildman–Crippen MR) is 117 cm³/mol. The van der Waals surface area contributed by atoms with Gasteiger partial charge in [0.25, 0.3) is 0 Å². The van der Waals surface area contributed by atoms with Crippen molar-refractivity contribution in [2.45, 2.75) is 63.0 Å². The van der Waals surface area contributed by atoms with E-state index in [-0.39, 0.29) is 11.2 Å². The Morgan fingerprint density at radius 1 is 1.19 bits per heavy atom. The number of nitrogens with zero attached hydrogens (tertiary/aromatic N) is 6. The molecule has 2 aliphatic carbocycles. The molecule has 2 aliphatic heterocycles. The van der Waals surface area contributed by atoms with Gasteiger partial charge in [0.05, 0.1) is 28.8 Å². The number of aliphatic hydroxyl groups is 1. The van der Waals surface area contributed by atoms with E-state index in [0.29, 0.717) is 35.7 Å². The lowest BCUT2D eigenvalue weighted by Crippen LogP contribution is -2.50. The molecule has 4 fully saturated rings. The molecule has 2 aromatic heterocycles. The number of hydrogen-bond donors (Lipinski definition) is 1. The van der Waals surface area contributed by atoms with Gasteiger partial charge in [-0.25, -0.2) is 19.0 Å². The molecule has 0 spiro atoms. The SMILES string of the molecule is CC(C)(O)C12CC(C1)N(c1cc(-n3ncc4cc(F)c(C5(C#N)CCC5)cc43)ncn1)C2. The van der Waals surface area contributed by atoms with Crippen LogP contribution in [-0.4, -0.2) is 43.0 Å². The van der Waals surface area contributed by atoms with Crippen LogP contribution < -0.4 is 4.90 Å². The summed E-state index contributed by atoms with van der Waals surface area (Å²) < 4.78 is 16.5. The van der Waals surface area contributed by atoms with E-state index >= 15 is 0 Å². The van der Waals surface area contributed by atoms with Crippen molar-refractivity contribution >= 4 is 16.7 Å². The van der Waals surface area contributed by atoms with E-state index in [9.17, 15) is 14.8 Å². The van der Waals surface area contributed by atoms with Gasteiger partial charge in [0.15, 0.2) is 5.82 Å². The maximum absolute atomic E-state index is 14.8. The Morgan fingerprint density at radius 3 is 2.56 bits per heavy atom. The van der Waals surface area contributed by atoms with Crippen LogP contribution in [0, 0.1) is 22.6 Å². The first kappa shape index (κ1) is 19.6. The average Bonchev–Trinajstić information content (AvgIpc) is 3.39. The van der Waals surface area contributed by atoms with E-state index in [4.69, 9.17) is 0 Å². The van der Waals surface area contributed by atoms with Crippen LogP contribution in [0.3, 0.4) is 0 Å². The molecule has 4 aliphatic rings. The number of halogens is 1. The van der Waals surface area contributed by atoms with Crippen molar-refractivity contribution < 1.29 is 9.50 Å². The zero-order valence-corrected chi connectivity index (χ0v) is 18.2. The molecule has 0 atom stereocenters. The van der Waals surface area contributed by atoms with Crippen LogP contribution in [0.15, 0.2) is 30.7 Å². The summed E-state index contributed by atoms with van der Waals surface area (Å²) >= 11 is 0. The largest absolute Gasteiger partial charge is 0.390 e. The van der Waals surface area contributed by atoms with E-state index in [1.54, 1.807) is 16.9 Å². The molecule has 7 rings (SSSR count). The second-order valence-electron chi connectivity index (χ2n) is 10.3. The third-order valence-electron chi connectivity index (χ3n) is 8.21. The van der Waals surface area contributed by atoms with Crippen molar-refractivity contribution in [3.05, 3.63) is 42.1 Å². The highest BCUT2D eigenvalue weighted by atomic mass is 19.1. The summed E-state index contributed by atoms with van der Waals surface area (Å²) in [4.78, 5) is 11.2. The van der Waals surface area contributed by atoms with Crippen LogP contribution in [0.5, 0.6) is 0 Å². The summed E-state index contributed by atoms with van der Waals surface area (Å²) in [7, 11) is 0. The van der Waals surface area contributed by atoms with Gasteiger partial charge in [-0.3, -0.25) is 0 Å². The molecule has 1 aromatic carbocycles. The standard InChI is InChI=1S/C24H25FN6O/c1-22(2,32)24-9-16(10-24)30(13-24)20-8-21(28-14-27-20)31-19-7-17(23(12-26)4-3-5-23)18(25)6-15(19)11-29-31/h6-8,11,14,16,32H,3-5,9-10,13H2,1-2H3. The van der Waals surface area contributed by atoms with Crippen molar-refractivity contribution in [2.75, 3.05) is 11.4 Å². The highest BCUT2D eigenvalue weighted by molar-refractivity contribution is 5.81. The minimum absolute atomic E-state index is 0.0952. The molecule has 0 amide bonds. The lowest BCUT2D eigenvalue weighted by Gasteiger charge is -2.45. The maximum Gasteiger partial charge on any atom is 0.159 e. The van der Waals surface area contributed by atoms with Crippen LogP contribution in [-0.2, 0) is 5.41 Å². The minimum atomic E-state index is -0.744.